The number of hydrogen-bond acceptors (Lipinski definition) is 19. The molecule has 318 valence electrons. The van der Waals surface area contributed by atoms with Crippen molar-refractivity contribution >= 4 is 50.3 Å². The molecule has 3 aromatic rings. The van der Waals surface area contributed by atoms with E-state index in [-0.39, 0.29) is 54.5 Å². The molecule has 0 spiro atoms. The molecular weight excluding hydrogens is 816 g/mol. The number of allylic oxidation sites excluding steroid dienone is 1. The van der Waals surface area contributed by atoms with E-state index < -0.39 is 95.6 Å². The average molecular weight is 860 g/mol. The van der Waals surface area contributed by atoms with Crippen molar-refractivity contribution in [1.29, 1.82) is 0 Å². The van der Waals surface area contributed by atoms with Gasteiger partial charge in [-0.2, -0.15) is 4.98 Å². The average Bonchev–Trinajstić information content (AvgIpc) is 3.94. The SMILES string of the molecule is C=CCCC(=O)N1C[C@H](OCC)C[C@H]1C(=O)O[C@H]1[C@@H](O)[C@H](n2cnc3c(N)ncnc32)O[C@@H]1COP(=O)(O)O[C@H]1CC(n2ccc(N)nc2=O)O[C@@H]1COP(=O)(O)O. The zero-order valence-electron chi connectivity index (χ0n) is 30.8. The molecule has 3 saturated heterocycles. The van der Waals surface area contributed by atoms with Crippen molar-refractivity contribution in [1.82, 2.24) is 34.0 Å². The maximum absolute atomic E-state index is 13.9. The molecule has 0 aliphatic carbocycles. The van der Waals surface area contributed by atoms with Gasteiger partial charge in [0.25, 0.3) is 0 Å². The highest BCUT2D eigenvalue weighted by Gasteiger charge is 2.51. The highest BCUT2D eigenvalue weighted by Crippen LogP contribution is 2.50. The van der Waals surface area contributed by atoms with Crippen LogP contribution < -0.4 is 17.2 Å². The highest BCUT2D eigenvalue weighted by atomic mass is 31.2. The summed E-state index contributed by atoms with van der Waals surface area (Å²) in [5.41, 5.74) is 10.9. The highest BCUT2D eigenvalue weighted by molar-refractivity contribution is 7.47. The van der Waals surface area contributed by atoms with Crippen LogP contribution in [0.4, 0.5) is 11.6 Å². The molecule has 0 saturated carbocycles. The zero-order chi connectivity index (χ0) is 41.9. The van der Waals surface area contributed by atoms with Gasteiger partial charge in [-0.1, -0.05) is 6.08 Å². The molecule has 25 nitrogen and oxygen atoms in total. The fourth-order valence-corrected chi connectivity index (χ4v) is 8.14. The Morgan fingerprint density at radius 2 is 1.83 bits per heavy atom. The number of phosphoric ester groups is 2. The molecule has 3 aliphatic heterocycles. The number of anilines is 2. The van der Waals surface area contributed by atoms with Crippen molar-refractivity contribution in [3.8, 4) is 0 Å². The first-order valence-electron chi connectivity index (χ1n) is 17.8. The van der Waals surface area contributed by atoms with Gasteiger partial charge in [-0.25, -0.2) is 33.7 Å². The van der Waals surface area contributed by atoms with Crippen LogP contribution in [0.5, 0.6) is 0 Å². The monoisotopic (exact) mass is 859 g/mol. The van der Waals surface area contributed by atoms with Crippen molar-refractivity contribution in [2.45, 2.75) is 87.7 Å². The van der Waals surface area contributed by atoms with Crippen molar-refractivity contribution in [3.63, 3.8) is 0 Å². The lowest BCUT2D eigenvalue weighted by Gasteiger charge is -2.27. The third-order valence-corrected chi connectivity index (χ3v) is 11.0. The second-order valence-corrected chi connectivity index (χ2v) is 16.0. The summed E-state index contributed by atoms with van der Waals surface area (Å²) in [6, 6.07) is 0.158. The van der Waals surface area contributed by atoms with Crippen LogP contribution in [0.25, 0.3) is 11.2 Å². The van der Waals surface area contributed by atoms with E-state index in [2.05, 4.69) is 31.0 Å². The smallest absolute Gasteiger partial charge is 0.455 e. The molecule has 3 fully saturated rings. The molecule has 3 aliphatic rings. The van der Waals surface area contributed by atoms with Crippen LogP contribution in [0.1, 0.15) is 45.1 Å². The van der Waals surface area contributed by atoms with Crippen molar-refractivity contribution < 1.29 is 71.0 Å². The van der Waals surface area contributed by atoms with Gasteiger partial charge in [0.1, 0.15) is 54.3 Å². The Bertz CT molecular complexity index is 2140. The van der Waals surface area contributed by atoms with Gasteiger partial charge in [0.15, 0.2) is 23.8 Å². The molecule has 2 unspecified atom stereocenters. The predicted octanol–water partition coefficient (Wildman–Crippen LogP) is -0.711. The van der Waals surface area contributed by atoms with Gasteiger partial charge >= 0.3 is 27.3 Å². The molecule has 3 aromatic heterocycles. The molecule has 27 heteroatoms. The van der Waals surface area contributed by atoms with Crippen LogP contribution in [0.3, 0.4) is 0 Å². The van der Waals surface area contributed by atoms with Gasteiger partial charge in [0.05, 0.1) is 25.6 Å². The number of nitrogens with two attached hydrogens (primary N) is 2. The molecule has 6 rings (SSSR count). The number of carbonyl (C=O) groups is 2. The van der Waals surface area contributed by atoms with E-state index in [1.807, 2.05) is 0 Å². The van der Waals surface area contributed by atoms with Crippen LogP contribution in [0.15, 0.2) is 42.4 Å². The number of likely N-dealkylation sites (tertiary alicyclic amines) is 1. The number of amides is 1. The number of phosphoric acid groups is 2. The summed E-state index contributed by atoms with van der Waals surface area (Å²) in [6.07, 6.45) is -5.41. The molecule has 8 N–H and O–H groups in total. The number of nitrogen functional groups attached to an aromatic ring is 2. The Hall–Kier alpha value is -4.23. The molecule has 10 atom stereocenters. The van der Waals surface area contributed by atoms with Gasteiger partial charge in [-0.05, 0) is 19.4 Å². The standard InChI is InChI=1S/C31H43N9O16P2/c1-3-5-6-22(41)39-11-16(50-4-2)9-17(39)30(43)55-26-20(54-29(25(26)42)40-15-36-24-27(33)34-14-35-28(24)40)13-52-58(48,49)56-18-10-23(38-8-7-21(32)37-31(38)44)53-19(18)12-51-57(45,46)47/h3,7-8,14-20,23,25-26,29,42H,1,4-6,9-13H2,2H3,(H,48,49)(H2,32,37,44)(H2,33,34,35)(H2,45,46,47)/t16-,17+,18+,19-,20-,23?,25-,26-,29-/m1/s1. The molecule has 0 radical (unpaired) electrons. The molecule has 1 amide bonds. The summed E-state index contributed by atoms with van der Waals surface area (Å²) in [5, 5.41) is 11.6. The van der Waals surface area contributed by atoms with E-state index in [0.717, 1.165) is 10.9 Å². The van der Waals surface area contributed by atoms with E-state index in [4.69, 9.17) is 39.5 Å². The van der Waals surface area contributed by atoms with Crippen LogP contribution in [-0.4, -0.2) is 135 Å². The lowest BCUT2D eigenvalue weighted by atomic mass is 10.1. The molecular formula is C31H43N9O16P2. The minimum Gasteiger partial charge on any atom is -0.455 e. The zero-order valence-corrected chi connectivity index (χ0v) is 32.6. The maximum atomic E-state index is 13.9. The number of imidazole rings is 1. The minimum atomic E-state index is -5.20. The topological polar surface area (TPSA) is 348 Å². The third kappa shape index (κ3) is 9.96. The number of carbonyl (C=O) groups excluding carboxylic acids is 2. The van der Waals surface area contributed by atoms with Gasteiger partial charge in [0, 0.05) is 38.6 Å². The number of rotatable bonds is 17. The van der Waals surface area contributed by atoms with E-state index in [0.29, 0.717) is 13.0 Å². The van der Waals surface area contributed by atoms with Crippen molar-refractivity contribution in [2.24, 2.45) is 0 Å². The Morgan fingerprint density at radius 3 is 2.53 bits per heavy atom. The summed E-state index contributed by atoms with van der Waals surface area (Å²) < 4.78 is 65.8. The number of fused-ring (bicyclic) bond motifs is 1. The maximum Gasteiger partial charge on any atom is 0.472 e. The second kappa shape index (κ2) is 17.9. The number of nitrogens with zero attached hydrogens (tertiary/aromatic N) is 7. The lowest BCUT2D eigenvalue weighted by molar-refractivity contribution is -0.164. The van der Waals surface area contributed by atoms with Gasteiger partial charge < -0.3 is 55.1 Å². The second-order valence-electron chi connectivity index (χ2n) is 13.3. The number of aliphatic hydroxyl groups excluding tert-OH is 1. The summed E-state index contributed by atoms with van der Waals surface area (Å²) in [7, 11) is -10.3. The predicted molar refractivity (Wildman–Crippen MR) is 195 cm³/mol. The largest absolute Gasteiger partial charge is 0.472 e. The summed E-state index contributed by atoms with van der Waals surface area (Å²) >= 11 is 0. The van der Waals surface area contributed by atoms with E-state index >= 15 is 0 Å². The van der Waals surface area contributed by atoms with Crippen LogP contribution in [0, 0.1) is 0 Å². The number of esters is 1. The number of aliphatic hydroxyl groups is 1. The third-order valence-electron chi connectivity index (χ3n) is 9.46. The fraction of sp³-hybridized carbons (Fsp3) is 0.581. The first-order valence-corrected chi connectivity index (χ1v) is 20.9. The van der Waals surface area contributed by atoms with Crippen LogP contribution in [-0.2, 0) is 51.2 Å². The normalized spacial score (nSPS) is 28.5. The molecule has 58 heavy (non-hydrogen) atoms. The lowest BCUT2D eigenvalue weighted by Crippen LogP contribution is -2.46. The summed E-state index contributed by atoms with van der Waals surface area (Å²) in [5.74, 6) is -1.36. The summed E-state index contributed by atoms with van der Waals surface area (Å²) in [6.45, 7) is 4.11. The number of aromatic nitrogens is 6. The molecule has 0 bridgehead atoms. The first-order chi connectivity index (χ1) is 27.5. The Labute approximate surface area is 328 Å². The van der Waals surface area contributed by atoms with Crippen LogP contribution >= 0.6 is 15.6 Å². The van der Waals surface area contributed by atoms with Crippen molar-refractivity contribution in [2.75, 3.05) is 37.8 Å². The minimum absolute atomic E-state index is 0.0175. The van der Waals surface area contributed by atoms with Gasteiger partial charge in [-0.3, -0.25) is 27.5 Å². The Balaban J connectivity index is 1.22. The number of hydrogen-bond donors (Lipinski definition) is 6. The van der Waals surface area contributed by atoms with E-state index in [1.165, 1.54) is 28.1 Å². The van der Waals surface area contributed by atoms with Gasteiger partial charge in [0.2, 0.25) is 5.91 Å². The Morgan fingerprint density at radius 1 is 1.07 bits per heavy atom. The van der Waals surface area contributed by atoms with E-state index in [1.54, 1.807) is 13.0 Å². The quantitative estimate of drug-likeness (QED) is 0.0554. The molecule has 0 aromatic carbocycles. The first kappa shape index (κ1) is 43.4. The fourth-order valence-electron chi connectivity index (χ4n) is 6.84. The molecule has 6 heterocycles. The summed E-state index contributed by atoms with van der Waals surface area (Å²) in [4.78, 5) is 86.1. The van der Waals surface area contributed by atoms with E-state index in [9.17, 15) is 43.3 Å². The van der Waals surface area contributed by atoms with Gasteiger partial charge in [-0.15, -0.1) is 6.58 Å². The van der Waals surface area contributed by atoms with Crippen LogP contribution in [0.2, 0.25) is 0 Å². The Kier molecular flexibility index (Phi) is 13.4. The number of ether oxygens (including phenoxy) is 4. The van der Waals surface area contributed by atoms with Crippen molar-refractivity contribution in [3.05, 3.63) is 48.1 Å².